The fraction of sp³-hybridized carbons (Fsp3) is 0.250. The number of hydrogen-bond donors (Lipinski definition) is 1. The van der Waals surface area contributed by atoms with E-state index in [1.807, 2.05) is 25.1 Å². The molecule has 2 aromatic rings. The molecule has 1 atom stereocenters. The molecule has 0 radical (unpaired) electrons. The zero-order chi connectivity index (χ0) is 12.4. The average Bonchev–Trinajstić information content (AvgIpc) is 2.80. The van der Waals surface area contributed by atoms with E-state index in [-0.39, 0.29) is 0 Å². The van der Waals surface area contributed by atoms with E-state index in [0.29, 0.717) is 5.02 Å². The van der Waals surface area contributed by atoms with Crippen molar-refractivity contribution < 1.29 is 5.11 Å². The molecule has 90 valence electrons. The minimum atomic E-state index is -0.688. The van der Waals surface area contributed by atoms with Gasteiger partial charge in [0.05, 0.1) is 10.7 Å². The summed E-state index contributed by atoms with van der Waals surface area (Å²) in [6.45, 7) is 2.72. The molecule has 0 amide bonds. The lowest BCUT2D eigenvalue weighted by Crippen LogP contribution is -2.09. The molecule has 0 fully saturated rings. The van der Waals surface area contributed by atoms with Crippen molar-refractivity contribution in [2.75, 3.05) is 0 Å². The second-order valence-electron chi connectivity index (χ2n) is 3.65. The van der Waals surface area contributed by atoms with Gasteiger partial charge in [-0.3, -0.25) is 4.68 Å². The van der Waals surface area contributed by atoms with E-state index in [0.717, 1.165) is 21.4 Å². The Labute approximate surface area is 119 Å². The molecule has 1 N–H and O–H groups in total. The molecule has 0 saturated heterocycles. The summed E-state index contributed by atoms with van der Waals surface area (Å²) in [6, 6.07) is 7.39. The van der Waals surface area contributed by atoms with Crippen molar-refractivity contribution in [2.45, 2.75) is 19.6 Å². The van der Waals surface area contributed by atoms with Crippen molar-refractivity contribution in [1.82, 2.24) is 9.78 Å². The first-order chi connectivity index (χ1) is 8.13. The Hall–Kier alpha value is -0.590. The molecule has 0 aliphatic heterocycles. The number of aliphatic hydroxyl groups is 1. The van der Waals surface area contributed by atoms with Gasteiger partial charge in [0, 0.05) is 16.3 Å². The van der Waals surface area contributed by atoms with E-state index in [4.69, 9.17) is 11.6 Å². The Bertz CT molecular complexity index is 527. The van der Waals surface area contributed by atoms with Gasteiger partial charge in [-0.15, -0.1) is 0 Å². The number of aryl methyl sites for hydroxylation is 1. The normalized spacial score (nSPS) is 12.7. The Kier molecular flexibility index (Phi) is 4.06. The quantitative estimate of drug-likeness (QED) is 0.851. The van der Waals surface area contributed by atoms with Gasteiger partial charge in [0.15, 0.2) is 0 Å². The van der Waals surface area contributed by atoms with Crippen LogP contribution in [0.2, 0.25) is 5.02 Å². The minimum Gasteiger partial charge on any atom is -0.382 e. The zero-order valence-electron chi connectivity index (χ0n) is 9.27. The summed E-state index contributed by atoms with van der Waals surface area (Å²) in [5.74, 6) is 0. The van der Waals surface area contributed by atoms with Gasteiger partial charge in [-0.25, -0.2) is 0 Å². The van der Waals surface area contributed by atoms with Crippen molar-refractivity contribution >= 4 is 34.2 Å². The van der Waals surface area contributed by atoms with Gasteiger partial charge in [0.25, 0.3) is 0 Å². The lowest BCUT2D eigenvalue weighted by Gasteiger charge is -2.13. The Morgan fingerprint density at radius 2 is 2.24 bits per heavy atom. The fourth-order valence-electron chi connectivity index (χ4n) is 1.69. The highest BCUT2D eigenvalue weighted by molar-refractivity contribution is 14.1. The molecular formula is C12H12ClIN2O. The highest BCUT2D eigenvalue weighted by Gasteiger charge is 2.15. The van der Waals surface area contributed by atoms with Crippen molar-refractivity contribution in [3.8, 4) is 0 Å². The van der Waals surface area contributed by atoms with Crippen LogP contribution in [0.15, 0.2) is 30.5 Å². The molecule has 1 unspecified atom stereocenters. The number of rotatable bonds is 3. The van der Waals surface area contributed by atoms with Crippen molar-refractivity contribution in [2.24, 2.45) is 0 Å². The van der Waals surface area contributed by atoms with E-state index in [1.54, 1.807) is 16.9 Å². The third-order valence-electron chi connectivity index (χ3n) is 2.59. The summed E-state index contributed by atoms with van der Waals surface area (Å²) in [7, 11) is 0. The van der Waals surface area contributed by atoms with Crippen LogP contribution in [0.5, 0.6) is 0 Å². The Balaban J connectivity index is 2.36. The number of benzene rings is 1. The number of hydrogen-bond acceptors (Lipinski definition) is 2. The van der Waals surface area contributed by atoms with Crippen molar-refractivity contribution in [3.05, 3.63) is 50.3 Å². The van der Waals surface area contributed by atoms with E-state index >= 15 is 0 Å². The van der Waals surface area contributed by atoms with Gasteiger partial charge in [-0.2, -0.15) is 5.10 Å². The molecule has 0 spiro atoms. The van der Waals surface area contributed by atoms with E-state index < -0.39 is 6.10 Å². The third kappa shape index (κ3) is 2.64. The summed E-state index contributed by atoms with van der Waals surface area (Å²) < 4.78 is 2.75. The molecule has 3 nitrogen and oxygen atoms in total. The maximum Gasteiger partial charge on any atom is 0.121 e. The minimum absolute atomic E-state index is 0.657. The number of halogens is 2. The van der Waals surface area contributed by atoms with Crippen LogP contribution < -0.4 is 0 Å². The highest BCUT2D eigenvalue weighted by atomic mass is 127. The van der Waals surface area contributed by atoms with Gasteiger partial charge in [-0.05, 0) is 53.3 Å². The van der Waals surface area contributed by atoms with Gasteiger partial charge in [-0.1, -0.05) is 17.7 Å². The topological polar surface area (TPSA) is 38.0 Å². The van der Waals surface area contributed by atoms with Crippen LogP contribution in [0.25, 0.3) is 0 Å². The predicted molar refractivity (Wildman–Crippen MR) is 76.1 cm³/mol. The Morgan fingerprint density at radius 1 is 1.47 bits per heavy atom. The predicted octanol–water partition coefficient (Wildman–Crippen LogP) is 3.24. The molecule has 1 aromatic carbocycles. The van der Waals surface area contributed by atoms with Crippen LogP contribution in [-0.4, -0.2) is 14.9 Å². The first kappa shape index (κ1) is 12.9. The van der Waals surface area contributed by atoms with Crippen molar-refractivity contribution in [3.63, 3.8) is 0 Å². The summed E-state index contributed by atoms with van der Waals surface area (Å²) in [4.78, 5) is 0. The second-order valence-corrected chi connectivity index (χ2v) is 5.22. The molecule has 2 rings (SSSR count). The maximum atomic E-state index is 10.3. The van der Waals surface area contributed by atoms with Crippen LogP contribution in [-0.2, 0) is 6.54 Å². The number of nitrogens with zero attached hydrogens (tertiary/aromatic N) is 2. The van der Waals surface area contributed by atoms with Gasteiger partial charge in [0.2, 0.25) is 0 Å². The average molecular weight is 363 g/mol. The molecule has 0 aliphatic rings. The second kappa shape index (κ2) is 5.37. The molecule has 0 aliphatic carbocycles. The molecule has 0 bridgehead atoms. The van der Waals surface area contributed by atoms with Crippen LogP contribution in [0.1, 0.15) is 24.3 Å². The Morgan fingerprint density at radius 3 is 2.88 bits per heavy atom. The van der Waals surface area contributed by atoms with Crippen molar-refractivity contribution in [1.29, 1.82) is 0 Å². The zero-order valence-corrected chi connectivity index (χ0v) is 12.2. The van der Waals surface area contributed by atoms with Crippen LogP contribution in [0, 0.1) is 3.57 Å². The number of aromatic nitrogens is 2. The monoisotopic (exact) mass is 362 g/mol. The van der Waals surface area contributed by atoms with Crippen LogP contribution >= 0.6 is 34.2 Å². The SMILES string of the molecule is CCn1nccc1C(O)c1ccc(I)c(Cl)c1. The lowest BCUT2D eigenvalue weighted by atomic mass is 10.1. The summed E-state index contributed by atoms with van der Waals surface area (Å²) in [5, 5.41) is 15.1. The lowest BCUT2D eigenvalue weighted by molar-refractivity contribution is 0.208. The largest absolute Gasteiger partial charge is 0.382 e. The molecule has 17 heavy (non-hydrogen) atoms. The standard InChI is InChI=1S/C12H12ClIN2O/c1-2-16-11(5-6-15-16)12(17)8-3-4-10(14)9(13)7-8/h3-7,12,17H,2H2,1H3. The fourth-order valence-corrected chi connectivity index (χ4v) is 2.22. The van der Waals surface area contributed by atoms with Crippen LogP contribution in [0.4, 0.5) is 0 Å². The molecule has 1 aromatic heterocycles. The van der Waals surface area contributed by atoms with Gasteiger partial charge in [0.1, 0.15) is 6.10 Å². The highest BCUT2D eigenvalue weighted by Crippen LogP contribution is 2.26. The smallest absolute Gasteiger partial charge is 0.121 e. The third-order valence-corrected chi connectivity index (χ3v) is 4.16. The van der Waals surface area contributed by atoms with E-state index in [2.05, 4.69) is 27.7 Å². The van der Waals surface area contributed by atoms with E-state index in [1.165, 1.54) is 0 Å². The summed E-state index contributed by atoms with van der Waals surface area (Å²) in [5.41, 5.74) is 1.57. The molecule has 5 heteroatoms. The number of aliphatic hydroxyl groups excluding tert-OH is 1. The first-order valence-electron chi connectivity index (χ1n) is 5.28. The molecule has 0 saturated carbocycles. The van der Waals surface area contributed by atoms with Gasteiger partial charge < -0.3 is 5.11 Å². The first-order valence-corrected chi connectivity index (χ1v) is 6.74. The molecule has 1 heterocycles. The summed E-state index contributed by atoms with van der Waals surface area (Å²) in [6.07, 6.45) is 1.00. The van der Waals surface area contributed by atoms with Crippen LogP contribution in [0.3, 0.4) is 0 Å². The van der Waals surface area contributed by atoms with Gasteiger partial charge >= 0.3 is 0 Å². The van der Waals surface area contributed by atoms with E-state index in [9.17, 15) is 5.11 Å². The summed E-state index contributed by atoms with van der Waals surface area (Å²) >= 11 is 8.21. The maximum absolute atomic E-state index is 10.3. The molecular weight excluding hydrogens is 351 g/mol.